The van der Waals surface area contributed by atoms with E-state index in [0.717, 1.165) is 12.8 Å². The summed E-state index contributed by atoms with van der Waals surface area (Å²) in [7, 11) is 0. The van der Waals surface area contributed by atoms with Crippen LogP contribution in [0.1, 0.15) is 111 Å². The molecule has 0 spiro atoms. The number of carbonyl (C=O) groups excluding carboxylic acids is 2. The molecule has 3 heteroatoms. The fraction of sp³-hybridized carbons (Fsp3) is 0.900. The first-order chi connectivity index (χ1) is 11.1. The van der Waals surface area contributed by atoms with Crippen molar-refractivity contribution in [3.8, 4) is 0 Å². The first kappa shape index (κ1) is 22.1. The molecule has 23 heavy (non-hydrogen) atoms. The van der Waals surface area contributed by atoms with Gasteiger partial charge in [-0.2, -0.15) is 0 Å². The fourth-order valence-corrected chi connectivity index (χ4v) is 3.00. The summed E-state index contributed by atoms with van der Waals surface area (Å²) in [5.41, 5.74) is 0. The van der Waals surface area contributed by atoms with Gasteiger partial charge in [-0.3, -0.25) is 14.5 Å². The van der Waals surface area contributed by atoms with Crippen molar-refractivity contribution in [3.05, 3.63) is 0 Å². The highest BCUT2D eigenvalue weighted by Gasteiger charge is 2.14. The highest BCUT2D eigenvalue weighted by Crippen LogP contribution is 2.13. The Kier molecular flexibility index (Phi) is 15.4. The average Bonchev–Trinajstić information content (AvgIpc) is 2.52. The number of rotatable bonds is 15. The molecular formula is C20H39NO2. The number of imide groups is 1. The molecule has 0 heterocycles. The summed E-state index contributed by atoms with van der Waals surface area (Å²) in [6.07, 6.45) is 17.5. The van der Waals surface area contributed by atoms with Gasteiger partial charge in [0.15, 0.2) is 0 Å². The molecule has 0 radical (unpaired) electrons. The summed E-state index contributed by atoms with van der Waals surface area (Å²) in [6.45, 7) is 6.07. The van der Waals surface area contributed by atoms with Crippen LogP contribution in [0.2, 0.25) is 0 Å². The lowest BCUT2D eigenvalue weighted by atomic mass is 10.0. The lowest BCUT2D eigenvalue weighted by Gasteiger charge is -2.16. The Labute approximate surface area is 144 Å². The van der Waals surface area contributed by atoms with Crippen LogP contribution in [0, 0.1) is 0 Å². The molecule has 0 aliphatic rings. The number of hydrogen-bond acceptors (Lipinski definition) is 2. The normalized spacial score (nSPS) is 10.7. The fourth-order valence-electron chi connectivity index (χ4n) is 3.00. The molecule has 0 rings (SSSR count). The monoisotopic (exact) mass is 325 g/mol. The minimum Gasteiger partial charge on any atom is -0.283 e. The van der Waals surface area contributed by atoms with E-state index in [4.69, 9.17) is 0 Å². The minimum absolute atomic E-state index is 0.0110. The Bertz CT molecular complexity index is 302. The van der Waals surface area contributed by atoms with Crippen molar-refractivity contribution in [1.82, 2.24) is 4.90 Å². The van der Waals surface area contributed by atoms with Crippen LogP contribution in [0.15, 0.2) is 0 Å². The lowest BCUT2D eigenvalue weighted by Crippen LogP contribution is -2.34. The second-order valence-corrected chi connectivity index (χ2v) is 6.65. The van der Waals surface area contributed by atoms with Crippen molar-refractivity contribution in [2.45, 2.75) is 111 Å². The summed E-state index contributed by atoms with van der Waals surface area (Å²) in [5.74, 6) is -0.143. The Morgan fingerprint density at radius 2 is 1.04 bits per heavy atom. The second-order valence-electron chi connectivity index (χ2n) is 6.65. The van der Waals surface area contributed by atoms with Crippen LogP contribution in [0.5, 0.6) is 0 Å². The van der Waals surface area contributed by atoms with E-state index in [1.807, 2.05) is 6.92 Å². The molecule has 0 unspecified atom stereocenters. The van der Waals surface area contributed by atoms with Gasteiger partial charge in [0.1, 0.15) is 0 Å². The molecule has 136 valence electrons. The predicted molar refractivity (Wildman–Crippen MR) is 98.4 cm³/mol. The SMILES string of the molecule is CCCCCCCCCCCCCCCC(=O)N(CC)C(C)=O. The van der Waals surface area contributed by atoms with Gasteiger partial charge >= 0.3 is 0 Å². The van der Waals surface area contributed by atoms with E-state index in [2.05, 4.69) is 6.92 Å². The van der Waals surface area contributed by atoms with E-state index in [9.17, 15) is 9.59 Å². The number of unbranched alkanes of at least 4 members (excludes halogenated alkanes) is 12. The highest BCUT2D eigenvalue weighted by atomic mass is 16.2. The van der Waals surface area contributed by atoms with Gasteiger partial charge in [0.25, 0.3) is 0 Å². The Balaban J connectivity index is 3.30. The van der Waals surface area contributed by atoms with Crippen molar-refractivity contribution in [3.63, 3.8) is 0 Å². The standard InChI is InChI=1S/C20H39NO2/c1-4-6-7-8-9-10-11-12-13-14-15-16-17-18-20(23)21(5-2)19(3)22/h4-18H2,1-3H3. The quantitative estimate of drug-likeness (QED) is 0.353. The van der Waals surface area contributed by atoms with Gasteiger partial charge in [0.05, 0.1) is 0 Å². The maximum absolute atomic E-state index is 11.8. The maximum atomic E-state index is 11.8. The summed E-state index contributed by atoms with van der Waals surface area (Å²) in [6, 6.07) is 0. The van der Waals surface area contributed by atoms with E-state index < -0.39 is 0 Å². The Hall–Kier alpha value is -0.860. The van der Waals surface area contributed by atoms with Crippen molar-refractivity contribution in [2.75, 3.05) is 6.54 Å². The average molecular weight is 326 g/mol. The van der Waals surface area contributed by atoms with E-state index in [1.165, 1.54) is 82.5 Å². The second kappa shape index (κ2) is 16.0. The zero-order chi connectivity index (χ0) is 17.3. The van der Waals surface area contributed by atoms with Crippen LogP contribution in [0.4, 0.5) is 0 Å². The number of hydrogen-bond donors (Lipinski definition) is 0. The molecule has 0 aliphatic heterocycles. The lowest BCUT2D eigenvalue weighted by molar-refractivity contribution is -0.143. The predicted octanol–water partition coefficient (Wildman–Crippen LogP) is 5.86. The van der Waals surface area contributed by atoms with Crippen molar-refractivity contribution >= 4 is 11.8 Å². The molecule has 0 aromatic carbocycles. The van der Waals surface area contributed by atoms with Crippen LogP contribution in [-0.2, 0) is 9.59 Å². The maximum Gasteiger partial charge on any atom is 0.229 e. The molecule has 0 bridgehead atoms. The topological polar surface area (TPSA) is 37.4 Å². The molecule has 0 aliphatic carbocycles. The smallest absolute Gasteiger partial charge is 0.229 e. The Morgan fingerprint density at radius 3 is 1.39 bits per heavy atom. The van der Waals surface area contributed by atoms with Gasteiger partial charge in [-0.15, -0.1) is 0 Å². The third-order valence-corrected chi connectivity index (χ3v) is 4.49. The largest absolute Gasteiger partial charge is 0.283 e. The molecule has 0 fully saturated rings. The van der Waals surface area contributed by atoms with Crippen molar-refractivity contribution < 1.29 is 9.59 Å². The van der Waals surface area contributed by atoms with Gasteiger partial charge in [0, 0.05) is 19.9 Å². The minimum atomic E-state index is -0.132. The van der Waals surface area contributed by atoms with Gasteiger partial charge < -0.3 is 0 Å². The van der Waals surface area contributed by atoms with Crippen LogP contribution >= 0.6 is 0 Å². The molecule has 0 atom stereocenters. The van der Waals surface area contributed by atoms with E-state index in [1.54, 1.807) is 0 Å². The van der Waals surface area contributed by atoms with Gasteiger partial charge in [0.2, 0.25) is 11.8 Å². The summed E-state index contributed by atoms with van der Waals surface area (Å²) in [5, 5.41) is 0. The van der Waals surface area contributed by atoms with Crippen molar-refractivity contribution in [2.24, 2.45) is 0 Å². The zero-order valence-corrected chi connectivity index (χ0v) is 15.9. The molecule has 2 amide bonds. The van der Waals surface area contributed by atoms with Crippen LogP contribution < -0.4 is 0 Å². The summed E-state index contributed by atoms with van der Waals surface area (Å²) in [4.78, 5) is 24.4. The first-order valence-electron chi connectivity index (χ1n) is 9.94. The highest BCUT2D eigenvalue weighted by molar-refractivity contribution is 5.94. The molecule has 0 saturated heterocycles. The third-order valence-electron chi connectivity index (χ3n) is 4.49. The summed E-state index contributed by atoms with van der Waals surface area (Å²) >= 11 is 0. The van der Waals surface area contributed by atoms with E-state index in [-0.39, 0.29) is 11.8 Å². The van der Waals surface area contributed by atoms with Crippen LogP contribution in [-0.4, -0.2) is 23.3 Å². The van der Waals surface area contributed by atoms with Crippen molar-refractivity contribution in [1.29, 1.82) is 0 Å². The molecule has 0 aromatic heterocycles. The van der Waals surface area contributed by atoms with Gasteiger partial charge in [-0.1, -0.05) is 84.0 Å². The van der Waals surface area contributed by atoms with E-state index in [0.29, 0.717) is 13.0 Å². The van der Waals surface area contributed by atoms with E-state index >= 15 is 0 Å². The Morgan fingerprint density at radius 1 is 0.652 bits per heavy atom. The van der Waals surface area contributed by atoms with Gasteiger partial charge in [-0.25, -0.2) is 0 Å². The van der Waals surface area contributed by atoms with Crippen LogP contribution in [0.3, 0.4) is 0 Å². The molecule has 0 aromatic rings. The molecule has 0 saturated carbocycles. The third kappa shape index (κ3) is 13.3. The first-order valence-corrected chi connectivity index (χ1v) is 9.94. The molecule has 0 N–H and O–H groups in total. The number of amides is 2. The summed E-state index contributed by atoms with van der Waals surface area (Å²) < 4.78 is 0. The number of nitrogens with zero attached hydrogens (tertiary/aromatic N) is 1. The van der Waals surface area contributed by atoms with Crippen LogP contribution in [0.25, 0.3) is 0 Å². The van der Waals surface area contributed by atoms with Gasteiger partial charge in [-0.05, 0) is 13.3 Å². The molecular weight excluding hydrogens is 286 g/mol. The molecule has 3 nitrogen and oxygen atoms in total. The number of carbonyl (C=O) groups is 2. The zero-order valence-electron chi connectivity index (χ0n) is 15.9.